The summed E-state index contributed by atoms with van der Waals surface area (Å²) in [6, 6.07) is 12.7. The average molecular weight is 453 g/mol. The Kier molecular flexibility index (Phi) is 8.47. The van der Waals surface area contributed by atoms with Crippen molar-refractivity contribution >= 4 is 23.6 Å². The normalized spacial score (nSPS) is 11.8. The first-order chi connectivity index (χ1) is 15.5. The smallest absolute Gasteiger partial charge is 0.326 e. The van der Waals surface area contributed by atoms with Gasteiger partial charge in [-0.3, -0.25) is 4.79 Å². The van der Waals surface area contributed by atoms with Crippen molar-refractivity contribution in [2.75, 3.05) is 12.0 Å². The standard InChI is InChI=1S/C24H28N4O3S/c1-16-5-3-4-6-19(16)20-8-7-17(12-25-13-18-14-26-15-27-18)11-21(20)23(29)28-22(24(30)31)9-10-32-2/h3-8,11,14-15,22,25H,9-10,12-13H2,1-2H3,(H,26,27)(H,28,29)(H,30,31)/t22-/m0/s1. The van der Waals surface area contributed by atoms with Crippen molar-refractivity contribution in [2.24, 2.45) is 0 Å². The third kappa shape index (κ3) is 6.21. The van der Waals surface area contributed by atoms with Crippen LogP contribution in [0.5, 0.6) is 0 Å². The van der Waals surface area contributed by atoms with Crippen LogP contribution in [0, 0.1) is 6.92 Å². The van der Waals surface area contributed by atoms with Crippen molar-refractivity contribution in [3.63, 3.8) is 0 Å². The molecular weight excluding hydrogens is 424 g/mol. The lowest BCUT2D eigenvalue weighted by molar-refractivity contribution is -0.139. The van der Waals surface area contributed by atoms with E-state index in [0.717, 1.165) is 27.9 Å². The highest BCUT2D eigenvalue weighted by Crippen LogP contribution is 2.28. The largest absolute Gasteiger partial charge is 0.480 e. The number of carbonyl (C=O) groups excluding carboxylic acids is 1. The zero-order valence-electron chi connectivity index (χ0n) is 18.2. The number of aliphatic carboxylic acids is 1. The molecule has 0 aliphatic rings. The number of benzene rings is 2. The van der Waals surface area contributed by atoms with E-state index < -0.39 is 12.0 Å². The van der Waals surface area contributed by atoms with Gasteiger partial charge >= 0.3 is 5.97 Å². The monoisotopic (exact) mass is 452 g/mol. The minimum absolute atomic E-state index is 0.368. The van der Waals surface area contributed by atoms with Gasteiger partial charge in [0.2, 0.25) is 0 Å². The highest BCUT2D eigenvalue weighted by atomic mass is 32.2. The summed E-state index contributed by atoms with van der Waals surface area (Å²) < 4.78 is 0. The molecule has 7 nitrogen and oxygen atoms in total. The number of H-pyrrole nitrogens is 1. The zero-order chi connectivity index (χ0) is 22.9. The van der Waals surface area contributed by atoms with Crippen LogP contribution in [0.1, 0.15) is 33.6 Å². The number of rotatable bonds is 11. The molecule has 0 fully saturated rings. The number of aryl methyl sites for hydroxylation is 1. The van der Waals surface area contributed by atoms with E-state index in [0.29, 0.717) is 30.8 Å². The van der Waals surface area contributed by atoms with Gasteiger partial charge in [-0.15, -0.1) is 0 Å². The summed E-state index contributed by atoms with van der Waals surface area (Å²) in [7, 11) is 0. The van der Waals surface area contributed by atoms with Crippen molar-refractivity contribution in [1.29, 1.82) is 0 Å². The fourth-order valence-electron chi connectivity index (χ4n) is 3.45. The van der Waals surface area contributed by atoms with Gasteiger partial charge in [-0.05, 0) is 53.7 Å². The van der Waals surface area contributed by atoms with Crippen LogP contribution in [0.2, 0.25) is 0 Å². The number of aromatic amines is 1. The molecule has 2 aromatic carbocycles. The Balaban J connectivity index is 1.87. The number of carbonyl (C=O) groups is 2. The maximum atomic E-state index is 13.2. The number of nitrogens with one attached hydrogen (secondary N) is 3. The fraction of sp³-hybridized carbons (Fsp3) is 0.292. The van der Waals surface area contributed by atoms with Gasteiger partial charge in [0.15, 0.2) is 0 Å². The lowest BCUT2D eigenvalue weighted by Gasteiger charge is -2.18. The van der Waals surface area contributed by atoms with Gasteiger partial charge in [0.05, 0.1) is 6.33 Å². The summed E-state index contributed by atoms with van der Waals surface area (Å²) >= 11 is 1.55. The molecule has 32 heavy (non-hydrogen) atoms. The molecule has 3 rings (SSSR count). The Hall–Kier alpha value is -3.10. The van der Waals surface area contributed by atoms with Gasteiger partial charge in [-0.2, -0.15) is 11.8 Å². The molecule has 0 bridgehead atoms. The molecule has 8 heteroatoms. The van der Waals surface area contributed by atoms with Crippen LogP contribution < -0.4 is 10.6 Å². The second-order valence-corrected chi connectivity index (χ2v) is 8.51. The molecular formula is C24H28N4O3S. The predicted molar refractivity (Wildman–Crippen MR) is 128 cm³/mol. The molecule has 1 heterocycles. The first-order valence-electron chi connectivity index (χ1n) is 10.4. The maximum absolute atomic E-state index is 13.2. The Labute approximate surface area is 192 Å². The molecule has 168 valence electrons. The van der Waals surface area contributed by atoms with Crippen molar-refractivity contribution in [3.8, 4) is 11.1 Å². The van der Waals surface area contributed by atoms with Gasteiger partial charge in [0.25, 0.3) is 5.91 Å². The number of imidazole rings is 1. The molecule has 3 aromatic rings. The summed E-state index contributed by atoms with van der Waals surface area (Å²) in [4.78, 5) is 31.9. The quantitative estimate of drug-likeness (QED) is 0.354. The summed E-state index contributed by atoms with van der Waals surface area (Å²) in [5, 5.41) is 15.6. The number of carboxylic acid groups (broad SMARTS) is 1. The molecule has 0 unspecified atom stereocenters. The Morgan fingerprint density at radius 2 is 1.97 bits per heavy atom. The van der Waals surface area contributed by atoms with Crippen LogP contribution in [0.15, 0.2) is 55.0 Å². The van der Waals surface area contributed by atoms with Crippen LogP contribution in [-0.2, 0) is 17.9 Å². The van der Waals surface area contributed by atoms with Crippen LogP contribution in [0.3, 0.4) is 0 Å². The van der Waals surface area contributed by atoms with Crippen LogP contribution in [0.4, 0.5) is 0 Å². The van der Waals surface area contributed by atoms with E-state index in [1.165, 1.54) is 0 Å². The number of hydrogen-bond acceptors (Lipinski definition) is 5. The molecule has 0 radical (unpaired) electrons. The lowest BCUT2D eigenvalue weighted by Crippen LogP contribution is -2.41. The van der Waals surface area contributed by atoms with E-state index >= 15 is 0 Å². The summed E-state index contributed by atoms with van der Waals surface area (Å²) in [5.41, 5.74) is 5.15. The van der Waals surface area contributed by atoms with E-state index in [1.54, 1.807) is 24.3 Å². The fourth-order valence-corrected chi connectivity index (χ4v) is 3.92. The van der Waals surface area contributed by atoms with Gasteiger partial charge in [0.1, 0.15) is 6.04 Å². The molecule has 4 N–H and O–H groups in total. The van der Waals surface area contributed by atoms with E-state index in [4.69, 9.17) is 0 Å². The second-order valence-electron chi connectivity index (χ2n) is 7.52. The topological polar surface area (TPSA) is 107 Å². The van der Waals surface area contributed by atoms with Crippen molar-refractivity contribution in [1.82, 2.24) is 20.6 Å². The minimum Gasteiger partial charge on any atom is -0.480 e. The first-order valence-corrected chi connectivity index (χ1v) is 11.8. The minimum atomic E-state index is -1.03. The lowest BCUT2D eigenvalue weighted by atomic mass is 9.93. The van der Waals surface area contributed by atoms with Crippen LogP contribution in [0.25, 0.3) is 11.1 Å². The van der Waals surface area contributed by atoms with E-state index in [1.807, 2.05) is 55.6 Å². The molecule has 0 saturated heterocycles. The third-order valence-corrected chi connectivity index (χ3v) is 5.82. The first kappa shape index (κ1) is 23.6. The van der Waals surface area contributed by atoms with Crippen molar-refractivity contribution in [3.05, 3.63) is 77.4 Å². The number of aromatic nitrogens is 2. The summed E-state index contributed by atoms with van der Waals surface area (Å²) in [5.74, 6) is -0.756. The number of carboxylic acids is 1. The van der Waals surface area contributed by atoms with E-state index in [2.05, 4.69) is 20.6 Å². The molecule has 0 saturated carbocycles. The van der Waals surface area contributed by atoms with Crippen LogP contribution in [-0.4, -0.2) is 45.0 Å². The Morgan fingerprint density at radius 1 is 1.16 bits per heavy atom. The highest BCUT2D eigenvalue weighted by molar-refractivity contribution is 7.98. The molecule has 0 spiro atoms. The van der Waals surface area contributed by atoms with E-state index in [9.17, 15) is 14.7 Å². The number of nitrogens with zero attached hydrogens (tertiary/aromatic N) is 1. The number of hydrogen-bond donors (Lipinski definition) is 4. The van der Waals surface area contributed by atoms with Gasteiger partial charge in [0, 0.05) is 30.5 Å². The molecule has 0 aliphatic carbocycles. The predicted octanol–water partition coefficient (Wildman–Crippen LogP) is 3.61. The van der Waals surface area contributed by atoms with Crippen molar-refractivity contribution in [2.45, 2.75) is 32.5 Å². The molecule has 1 atom stereocenters. The maximum Gasteiger partial charge on any atom is 0.326 e. The Bertz CT molecular complexity index is 1050. The van der Waals surface area contributed by atoms with E-state index in [-0.39, 0.29) is 5.91 Å². The van der Waals surface area contributed by atoms with Gasteiger partial charge in [-0.1, -0.05) is 36.4 Å². The second kappa shape index (κ2) is 11.5. The van der Waals surface area contributed by atoms with Crippen molar-refractivity contribution < 1.29 is 14.7 Å². The summed E-state index contributed by atoms with van der Waals surface area (Å²) in [6.45, 7) is 3.18. The molecule has 1 aromatic heterocycles. The average Bonchev–Trinajstić information content (AvgIpc) is 3.30. The summed E-state index contributed by atoms with van der Waals surface area (Å²) in [6.07, 6.45) is 5.67. The molecule has 1 amide bonds. The molecule has 0 aliphatic heterocycles. The Morgan fingerprint density at radius 3 is 2.66 bits per heavy atom. The number of amides is 1. The third-order valence-electron chi connectivity index (χ3n) is 5.18. The zero-order valence-corrected chi connectivity index (χ0v) is 19.0. The van der Waals surface area contributed by atoms with Crippen LogP contribution >= 0.6 is 11.8 Å². The van der Waals surface area contributed by atoms with Gasteiger partial charge < -0.3 is 20.7 Å². The number of thioether (sulfide) groups is 1. The highest BCUT2D eigenvalue weighted by Gasteiger charge is 2.22. The van der Waals surface area contributed by atoms with Gasteiger partial charge in [-0.25, -0.2) is 9.78 Å². The SMILES string of the molecule is CSCC[C@H](NC(=O)c1cc(CNCc2cnc[nH]2)ccc1-c1ccccc1C)C(=O)O.